The van der Waals surface area contributed by atoms with Crippen LogP contribution in [0.5, 0.6) is 5.75 Å². The summed E-state index contributed by atoms with van der Waals surface area (Å²) in [6.07, 6.45) is 1.13. The first-order chi connectivity index (χ1) is 16.5. The predicted octanol–water partition coefficient (Wildman–Crippen LogP) is 6.46. The Morgan fingerprint density at radius 3 is 2.43 bits per heavy atom. The van der Waals surface area contributed by atoms with Gasteiger partial charge in [0.15, 0.2) is 5.79 Å². The zero-order valence-electron chi connectivity index (χ0n) is 21.7. The molecule has 186 valence electrons. The van der Waals surface area contributed by atoms with Gasteiger partial charge in [-0.3, -0.25) is 0 Å². The maximum Gasteiger partial charge on any atom is 0.268 e. The number of ether oxygens (including phenoxy) is 3. The molecule has 3 aliphatic rings. The number of aryl methyl sites for hydroxylation is 3. The van der Waals surface area contributed by atoms with E-state index in [1.807, 2.05) is 13.8 Å². The van der Waals surface area contributed by atoms with Crippen LogP contribution in [0.1, 0.15) is 60.7 Å². The topological polar surface area (TPSA) is 66.6 Å². The Bertz CT molecular complexity index is 1270. The van der Waals surface area contributed by atoms with Gasteiger partial charge in [0.1, 0.15) is 5.75 Å². The highest BCUT2D eigenvalue weighted by Gasteiger charge is 2.63. The van der Waals surface area contributed by atoms with Crippen LogP contribution in [-0.2, 0) is 15.9 Å². The van der Waals surface area contributed by atoms with Gasteiger partial charge >= 0.3 is 0 Å². The van der Waals surface area contributed by atoms with Gasteiger partial charge in [0.05, 0.1) is 24.7 Å². The van der Waals surface area contributed by atoms with Crippen molar-refractivity contribution in [1.29, 1.82) is 0 Å². The summed E-state index contributed by atoms with van der Waals surface area (Å²) in [4.78, 5) is 7.38. The van der Waals surface area contributed by atoms with Gasteiger partial charge in [-0.15, -0.1) is 11.3 Å². The number of benzene rings is 1. The SMILES string of the molecule is Cc1cc(-c2noc(-c3sc(C)c4c3C[C@@H]3[C@H]4C3(C)C)n2)cc(C)c1OCC1COC(C)(C)OC1. The van der Waals surface area contributed by atoms with Crippen molar-refractivity contribution in [3.63, 3.8) is 0 Å². The van der Waals surface area contributed by atoms with Gasteiger partial charge in [0.2, 0.25) is 5.82 Å². The second kappa shape index (κ2) is 7.89. The van der Waals surface area contributed by atoms with E-state index in [0.717, 1.165) is 39.7 Å². The second-order valence-electron chi connectivity index (χ2n) is 11.6. The van der Waals surface area contributed by atoms with Gasteiger partial charge in [-0.05, 0) is 92.7 Å². The summed E-state index contributed by atoms with van der Waals surface area (Å²) in [7, 11) is 0. The van der Waals surface area contributed by atoms with E-state index in [2.05, 4.69) is 51.9 Å². The lowest BCUT2D eigenvalue weighted by atomic mass is 9.95. The lowest BCUT2D eigenvalue weighted by molar-refractivity contribution is -0.264. The van der Waals surface area contributed by atoms with E-state index in [0.29, 0.717) is 42.9 Å². The van der Waals surface area contributed by atoms with Crippen molar-refractivity contribution in [2.75, 3.05) is 19.8 Å². The van der Waals surface area contributed by atoms with Gasteiger partial charge in [-0.1, -0.05) is 19.0 Å². The van der Waals surface area contributed by atoms with Crippen LogP contribution in [0.15, 0.2) is 16.7 Å². The smallest absolute Gasteiger partial charge is 0.268 e. The van der Waals surface area contributed by atoms with Crippen molar-refractivity contribution in [2.45, 2.75) is 66.6 Å². The van der Waals surface area contributed by atoms with Crippen molar-refractivity contribution in [3.05, 3.63) is 39.3 Å². The minimum atomic E-state index is -0.508. The van der Waals surface area contributed by atoms with Crippen LogP contribution in [0.2, 0.25) is 0 Å². The molecule has 7 heteroatoms. The Morgan fingerprint density at radius 2 is 1.74 bits per heavy atom. The van der Waals surface area contributed by atoms with Crippen LogP contribution in [0.4, 0.5) is 0 Å². The average Bonchev–Trinajstić information content (AvgIpc) is 3.28. The molecule has 3 heterocycles. The van der Waals surface area contributed by atoms with E-state index in [-0.39, 0.29) is 5.92 Å². The Labute approximate surface area is 211 Å². The Morgan fingerprint density at radius 1 is 1.06 bits per heavy atom. The first-order valence-corrected chi connectivity index (χ1v) is 13.4. The zero-order valence-corrected chi connectivity index (χ0v) is 22.5. The lowest BCUT2D eigenvalue weighted by Gasteiger charge is -2.34. The molecular formula is C28H34N2O4S. The summed E-state index contributed by atoms with van der Waals surface area (Å²) in [6.45, 7) is 16.9. The molecule has 0 amide bonds. The molecule has 2 aliphatic carbocycles. The normalized spacial score (nSPS) is 24.3. The molecule has 0 N–H and O–H groups in total. The van der Waals surface area contributed by atoms with Crippen LogP contribution in [0.25, 0.3) is 22.2 Å². The highest BCUT2D eigenvalue weighted by atomic mass is 32.1. The molecule has 1 saturated carbocycles. The minimum absolute atomic E-state index is 0.217. The molecule has 6 rings (SSSR count). The molecule has 2 aromatic heterocycles. The lowest BCUT2D eigenvalue weighted by Crippen LogP contribution is -2.41. The molecule has 3 aromatic rings. The standard InChI is InChI=1S/C28H34N2O4S/c1-14-8-18(9-15(2)23(14)31-11-17-12-32-28(6,7)33-13-17)25-29-26(34-30-25)24-19-10-20-22(27(20,4)5)21(19)16(3)35-24/h8-9,17,20,22H,10-13H2,1-7H3/t20-,22-/m1/s1. The van der Waals surface area contributed by atoms with Gasteiger partial charge in [-0.25, -0.2) is 0 Å². The first kappa shape index (κ1) is 23.2. The third kappa shape index (κ3) is 3.83. The van der Waals surface area contributed by atoms with Crippen molar-refractivity contribution in [1.82, 2.24) is 10.1 Å². The van der Waals surface area contributed by atoms with Crippen LogP contribution in [-0.4, -0.2) is 35.7 Å². The predicted molar refractivity (Wildman–Crippen MR) is 136 cm³/mol. The zero-order chi connectivity index (χ0) is 24.7. The summed E-state index contributed by atoms with van der Waals surface area (Å²) in [5.74, 6) is 3.33. The third-order valence-electron chi connectivity index (χ3n) is 8.15. The van der Waals surface area contributed by atoms with Gasteiger partial charge in [-0.2, -0.15) is 4.98 Å². The minimum Gasteiger partial charge on any atom is -0.493 e. The summed E-state index contributed by atoms with van der Waals surface area (Å²) < 4.78 is 23.5. The van der Waals surface area contributed by atoms with Gasteiger partial charge < -0.3 is 18.7 Å². The molecule has 0 spiro atoms. The molecule has 1 aliphatic heterocycles. The number of rotatable bonds is 5. The Kier molecular flexibility index (Phi) is 5.23. The van der Waals surface area contributed by atoms with E-state index in [1.54, 1.807) is 16.9 Å². The molecular weight excluding hydrogens is 460 g/mol. The molecule has 1 saturated heterocycles. The molecule has 0 unspecified atom stereocenters. The molecule has 0 bridgehead atoms. The van der Waals surface area contributed by atoms with E-state index in [4.69, 9.17) is 23.7 Å². The number of hydrogen-bond donors (Lipinski definition) is 0. The second-order valence-corrected chi connectivity index (χ2v) is 12.8. The highest BCUT2D eigenvalue weighted by Crippen LogP contribution is 2.72. The van der Waals surface area contributed by atoms with Crippen molar-refractivity contribution in [3.8, 4) is 27.9 Å². The number of nitrogens with zero attached hydrogens (tertiary/aromatic N) is 2. The first-order valence-electron chi connectivity index (χ1n) is 12.5. The van der Waals surface area contributed by atoms with Crippen LogP contribution in [0.3, 0.4) is 0 Å². The van der Waals surface area contributed by atoms with Crippen molar-refractivity contribution >= 4 is 11.3 Å². The molecule has 1 aromatic carbocycles. The summed E-state index contributed by atoms with van der Waals surface area (Å²) >= 11 is 1.80. The maximum atomic E-state index is 6.20. The van der Waals surface area contributed by atoms with E-state index < -0.39 is 5.79 Å². The Balaban J connectivity index is 1.20. The molecule has 2 atom stereocenters. The molecule has 0 radical (unpaired) electrons. The summed E-state index contributed by atoms with van der Waals surface area (Å²) in [6, 6.07) is 4.16. The van der Waals surface area contributed by atoms with Crippen molar-refractivity contribution in [2.24, 2.45) is 17.3 Å². The van der Waals surface area contributed by atoms with E-state index in [9.17, 15) is 0 Å². The highest BCUT2D eigenvalue weighted by molar-refractivity contribution is 7.15. The number of hydrogen-bond acceptors (Lipinski definition) is 7. The molecule has 35 heavy (non-hydrogen) atoms. The largest absolute Gasteiger partial charge is 0.493 e. The average molecular weight is 495 g/mol. The molecule has 6 nitrogen and oxygen atoms in total. The number of aromatic nitrogens is 2. The van der Waals surface area contributed by atoms with Crippen molar-refractivity contribution < 1.29 is 18.7 Å². The Hall–Kier alpha value is -2.22. The third-order valence-corrected chi connectivity index (χ3v) is 9.31. The fourth-order valence-electron chi connectivity index (χ4n) is 6.07. The number of thiophene rings is 1. The maximum absolute atomic E-state index is 6.20. The quantitative estimate of drug-likeness (QED) is 0.405. The van der Waals surface area contributed by atoms with Gasteiger partial charge in [0.25, 0.3) is 5.89 Å². The fourth-order valence-corrected chi connectivity index (χ4v) is 7.22. The summed E-state index contributed by atoms with van der Waals surface area (Å²) in [5, 5.41) is 4.35. The van der Waals surface area contributed by atoms with Crippen LogP contribution < -0.4 is 4.74 Å². The van der Waals surface area contributed by atoms with Crippen LogP contribution >= 0.6 is 11.3 Å². The van der Waals surface area contributed by atoms with E-state index >= 15 is 0 Å². The van der Waals surface area contributed by atoms with E-state index in [1.165, 1.54) is 10.4 Å². The molecule has 2 fully saturated rings. The summed E-state index contributed by atoms with van der Waals surface area (Å²) in [5.41, 5.74) is 6.47. The monoisotopic (exact) mass is 494 g/mol. The van der Waals surface area contributed by atoms with Gasteiger partial charge in [0, 0.05) is 16.4 Å². The van der Waals surface area contributed by atoms with Crippen LogP contribution in [0, 0.1) is 38.0 Å². The number of fused-ring (bicyclic) bond motifs is 3. The fraction of sp³-hybridized carbons (Fsp3) is 0.571.